The molecule has 1 unspecified atom stereocenters. The second-order valence-electron chi connectivity index (χ2n) is 5.40. The van der Waals surface area contributed by atoms with Crippen LogP contribution in [-0.4, -0.2) is 22.5 Å². The van der Waals surface area contributed by atoms with E-state index in [0.717, 1.165) is 4.88 Å². The van der Waals surface area contributed by atoms with E-state index in [1.165, 1.54) is 11.3 Å². The zero-order valence-electron chi connectivity index (χ0n) is 11.9. The number of carboxylic acids is 1. The van der Waals surface area contributed by atoms with Crippen molar-refractivity contribution in [2.45, 2.75) is 45.6 Å². The number of aryl methyl sites for hydroxylation is 1. The topological polar surface area (TPSA) is 66.4 Å². The summed E-state index contributed by atoms with van der Waals surface area (Å²) in [6.07, 6.45) is 0.866. The van der Waals surface area contributed by atoms with Gasteiger partial charge < -0.3 is 10.4 Å². The number of hydrogen-bond acceptors (Lipinski definition) is 3. The van der Waals surface area contributed by atoms with Crippen LogP contribution in [0, 0.1) is 5.92 Å². The fraction of sp³-hybridized carbons (Fsp3) is 0.571. The van der Waals surface area contributed by atoms with Gasteiger partial charge in [0.05, 0.1) is 10.8 Å². The van der Waals surface area contributed by atoms with Crippen LogP contribution in [0.15, 0.2) is 12.1 Å². The molecule has 20 heavy (non-hydrogen) atoms. The number of halogens is 1. The molecule has 0 aromatic carbocycles. The van der Waals surface area contributed by atoms with Gasteiger partial charge in [0, 0.05) is 16.8 Å². The van der Waals surface area contributed by atoms with Crippen LogP contribution in [0.3, 0.4) is 0 Å². The van der Waals surface area contributed by atoms with Crippen molar-refractivity contribution in [1.29, 1.82) is 0 Å². The highest BCUT2D eigenvalue weighted by Gasteiger charge is 2.32. The Hall–Kier alpha value is -1.07. The Morgan fingerprint density at radius 3 is 2.55 bits per heavy atom. The standard InChI is InChI=1S/C14H20ClNO3S/c1-9(2)14(3,8-13(18)19)16-12(17)7-5-10-4-6-11(15)20-10/h4,6,9H,5,7-8H2,1-3H3,(H,16,17)(H,18,19). The van der Waals surface area contributed by atoms with Gasteiger partial charge in [0.25, 0.3) is 0 Å². The quantitative estimate of drug-likeness (QED) is 0.810. The van der Waals surface area contributed by atoms with Crippen molar-refractivity contribution in [3.05, 3.63) is 21.3 Å². The zero-order valence-corrected chi connectivity index (χ0v) is 13.5. The summed E-state index contributed by atoms with van der Waals surface area (Å²) < 4.78 is 0.707. The Balaban J connectivity index is 2.56. The first-order chi connectivity index (χ1) is 9.23. The van der Waals surface area contributed by atoms with Gasteiger partial charge in [0.1, 0.15) is 0 Å². The van der Waals surface area contributed by atoms with Gasteiger partial charge in [0.2, 0.25) is 5.91 Å². The smallest absolute Gasteiger partial charge is 0.305 e. The highest BCUT2D eigenvalue weighted by Crippen LogP contribution is 2.23. The second kappa shape index (κ2) is 7.09. The van der Waals surface area contributed by atoms with Gasteiger partial charge in [-0.05, 0) is 31.4 Å². The maximum atomic E-state index is 12.0. The van der Waals surface area contributed by atoms with Crippen LogP contribution in [0.2, 0.25) is 4.34 Å². The number of thiophene rings is 1. The van der Waals surface area contributed by atoms with Gasteiger partial charge in [-0.3, -0.25) is 9.59 Å². The summed E-state index contributed by atoms with van der Waals surface area (Å²) in [6, 6.07) is 3.71. The first-order valence-corrected chi connectivity index (χ1v) is 7.69. The van der Waals surface area contributed by atoms with E-state index in [1.54, 1.807) is 6.92 Å². The second-order valence-corrected chi connectivity index (χ2v) is 7.20. The molecule has 1 atom stereocenters. The fourth-order valence-electron chi connectivity index (χ4n) is 1.81. The van der Waals surface area contributed by atoms with Crippen molar-refractivity contribution in [2.24, 2.45) is 5.92 Å². The first kappa shape index (κ1) is 17.0. The zero-order chi connectivity index (χ0) is 15.3. The van der Waals surface area contributed by atoms with Crippen LogP contribution < -0.4 is 5.32 Å². The summed E-state index contributed by atoms with van der Waals surface area (Å²) in [4.78, 5) is 24.0. The van der Waals surface area contributed by atoms with Crippen molar-refractivity contribution < 1.29 is 14.7 Å². The van der Waals surface area contributed by atoms with Crippen LogP contribution in [0.5, 0.6) is 0 Å². The Morgan fingerprint density at radius 2 is 2.10 bits per heavy atom. The minimum Gasteiger partial charge on any atom is -0.481 e. The predicted molar refractivity (Wildman–Crippen MR) is 81.3 cm³/mol. The molecule has 0 fully saturated rings. The first-order valence-electron chi connectivity index (χ1n) is 6.50. The minimum absolute atomic E-state index is 0.0405. The number of hydrogen-bond donors (Lipinski definition) is 2. The summed E-state index contributed by atoms with van der Waals surface area (Å²) in [5.41, 5.74) is -0.726. The highest BCUT2D eigenvalue weighted by molar-refractivity contribution is 7.16. The van der Waals surface area contributed by atoms with Crippen LogP contribution in [0.4, 0.5) is 0 Å². The van der Waals surface area contributed by atoms with Crippen LogP contribution in [-0.2, 0) is 16.0 Å². The third-order valence-electron chi connectivity index (χ3n) is 3.45. The van der Waals surface area contributed by atoms with Crippen molar-refractivity contribution in [3.8, 4) is 0 Å². The summed E-state index contributed by atoms with van der Waals surface area (Å²) in [5.74, 6) is -1.00. The van der Waals surface area contributed by atoms with E-state index in [0.29, 0.717) is 17.2 Å². The number of nitrogens with one attached hydrogen (secondary N) is 1. The number of carbonyl (C=O) groups excluding carboxylic acids is 1. The van der Waals surface area contributed by atoms with Crippen LogP contribution in [0.25, 0.3) is 0 Å². The van der Waals surface area contributed by atoms with E-state index >= 15 is 0 Å². The van der Waals surface area contributed by atoms with E-state index in [-0.39, 0.29) is 18.2 Å². The fourth-order valence-corrected chi connectivity index (χ4v) is 2.90. The van der Waals surface area contributed by atoms with Gasteiger partial charge in [-0.25, -0.2) is 0 Å². The molecule has 0 saturated heterocycles. The molecule has 0 spiro atoms. The molecule has 1 amide bonds. The number of carbonyl (C=O) groups is 2. The summed E-state index contributed by atoms with van der Waals surface area (Å²) in [5, 5.41) is 11.8. The van der Waals surface area contributed by atoms with Crippen LogP contribution >= 0.6 is 22.9 Å². The number of amides is 1. The van der Waals surface area contributed by atoms with Crippen molar-refractivity contribution in [1.82, 2.24) is 5.32 Å². The normalized spacial score (nSPS) is 14.1. The molecule has 1 aromatic heterocycles. The Labute approximate surface area is 128 Å². The third-order valence-corrected chi connectivity index (χ3v) is 4.74. The molecular weight excluding hydrogens is 298 g/mol. The lowest BCUT2D eigenvalue weighted by molar-refractivity contribution is -0.139. The Bertz CT molecular complexity index is 487. The van der Waals surface area contributed by atoms with Crippen molar-refractivity contribution in [3.63, 3.8) is 0 Å². The molecule has 4 nitrogen and oxygen atoms in total. The molecule has 0 bridgehead atoms. The van der Waals surface area contributed by atoms with E-state index in [2.05, 4.69) is 5.32 Å². The van der Waals surface area contributed by atoms with Gasteiger partial charge >= 0.3 is 5.97 Å². The number of aliphatic carboxylic acids is 1. The maximum Gasteiger partial charge on any atom is 0.305 e. The molecule has 0 radical (unpaired) electrons. The van der Waals surface area contributed by atoms with Crippen molar-refractivity contribution in [2.75, 3.05) is 0 Å². The molecule has 1 heterocycles. The molecule has 112 valence electrons. The molecule has 0 saturated carbocycles. The lowest BCUT2D eigenvalue weighted by Gasteiger charge is -2.33. The molecule has 0 aliphatic carbocycles. The van der Waals surface area contributed by atoms with Gasteiger partial charge in [-0.15, -0.1) is 11.3 Å². The lowest BCUT2D eigenvalue weighted by Crippen LogP contribution is -2.51. The molecule has 0 aliphatic rings. The van der Waals surface area contributed by atoms with E-state index in [1.807, 2.05) is 26.0 Å². The number of rotatable bonds is 7. The summed E-state index contributed by atoms with van der Waals surface area (Å²) in [6.45, 7) is 5.58. The Morgan fingerprint density at radius 1 is 1.45 bits per heavy atom. The number of carboxylic acid groups (broad SMARTS) is 1. The van der Waals surface area contributed by atoms with Gasteiger partial charge in [-0.1, -0.05) is 25.4 Å². The lowest BCUT2D eigenvalue weighted by atomic mass is 9.85. The van der Waals surface area contributed by atoms with Gasteiger partial charge in [0.15, 0.2) is 0 Å². The maximum absolute atomic E-state index is 12.0. The summed E-state index contributed by atoms with van der Waals surface area (Å²) >= 11 is 7.29. The molecule has 1 rings (SSSR count). The average molecular weight is 318 g/mol. The average Bonchev–Trinajstić information content (AvgIpc) is 2.71. The largest absolute Gasteiger partial charge is 0.481 e. The SMILES string of the molecule is CC(C)C(C)(CC(=O)O)NC(=O)CCc1ccc(Cl)s1. The molecule has 0 aliphatic heterocycles. The molecule has 6 heteroatoms. The predicted octanol–water partition coefficient (Wildman–Crippen LogP) is 3.34. The van der Waals surface area contributed by atoms with E-state index in [9.17, 15) is 9.59 Å². The highest BCUT2D eigenvalue weighted by atomic mass is 35.5. The van der Waals surface area contributed by atoms with E-state index < -0.39 is 11.5 Å². The molecular formula is C14H20ClNO3S. The molecule has 1 aromatic rings. The molecule has 2 N–H and O–H groups in total. The monoisotopic (exact) mass is 317 g/mol. The van der Waals surface area contributed by atoms with Crippen LogP contribution in [0.1, 0.15) is 38.5 Å². The minimum atomic E-state index is -0.911. The van der Waals surface area contributed by atoms with Crippen molar-refractivity contribution >= 4 is 34.8 Å². The van der Waals surface area contributed by atoms with E-state index in [4.69, 9.17) is 16.7 Å². The van der Waals surface area contributed by atoms with Gasteiger partial charge in [-0.2, -0.15) is 0 Å². The summed E-state index contributed by atoms with van der Waals surface area (Å²) in [7, 11) is 0. The third kappa shape index (κ3) is 5.13. The Kier molecular flexibility index (Phi) is 6.02.